The molecule has 2 heterocycles. The van der Waals surface area contributed by atoms with Gasteiger partial charge in [0.05, 0.1) is 5.41 Å². The second kappa shape index (κ2) is 3.35. The SMILES string of the molecule is [B]N1CCC2(CC1)C(=O)Nc1ccccc12. The van der Waals surface area contributed by atoms with Gasteiger partial charge in [0.2, 0.25) is 5.91 Å². The van der Waals surface area contributed by atoms with Gasteiger partial charge in [0.15, 0.2) is 7.98 Å². The van der Waals surface area contributed by atoms with E-state index in [0.717, 1.165) is 37.2 Å². The van der Waals surface area contributed by atoms with Crippen molar-refractivity contribution in [1.82, 2.24) is 4.81 Å². The molecule has 2 aliphatic heterocycles. The maximum atomic E-state index is 12.1. The van der Waals surface area contributed by atoms with E-state index in [1.807, 2.05) is 18.2 Å². The number of carbonyl (C=O) groups excluding carboxylic acids is 1. The van der Waals surface area contributed by atoms with E-state index in [1.165, 1.54) is 0 Å². The molecule has 0 bridgehead atoms. The third-order valence-corrected chi connectivity index (χ3v) is 3.78. The lowest BCUT2D eigenvalue weighted by atomic mass is 9.73. The normalized spacial score (nSPS) is 23.1. The lowest BCUT2D eigenvalue weighted by Gasteiger charge is -2.36. The Morgan fingerprint density at radius 3 is 2.69 bits per heavy atom. The number of benzene rings is 1. The van der Waals surface area contributed by atoms with Crippen molar-refractivity contribution in [3.8, 4) is 0 Å². The van der Waals surface area contributed by atoms with E-state index in [9.17, 15) is 4.79 Å². The topological polar surface area (TPSA) is 32.3 Å². The van der Waals surface area contributed by atoms with Crippen molar-refractivity contribution in [2.45, 2.75) is 18.3 Å². The van der Waals surface area contributed by atoms with Gasteiger partial charge in [-0.15, -0.1) is 0 Å². The van der Waals surface area contributed by atoms with Crippen LogP contribution >= 0.6 is 0 Å². The largest absolute Gasteiger partial charge is 0.353 e. The van der Waals surface area contributed by atoms with Crippen LogP contribution in [0.4, 0.5) is 5.69 Å². The molecule has 80 valence electrons. The van der Waals surface area contributed by atoms with Gasteiger partial charge in [-0.1, -0.05) is 18.2 Å². The zero-order valence-electron chi connectivity index (χ0n) is 9.07. The Kier molecular flexibility index (Phi) is 2.08. The van der Waals surface area contributed by atoms with Gasteiger partial charge in [-0.3, -0.25) is 4.79 Å². The van der Waals surface area contributed by atoms with E-state index in [4.69, 9.17) is 7.98 Å². The molecule has 0 unspecified atom stereocenters. The number of hydrogen-bond acceptors (Lipinski definition) is 2. The molecule has 0 aliphatic carbocycles. The lowest BCUT2D eigenvalue weighted by Crippen LogP contribution is -2.45. The number of piperidine rings is 1. The van der Waals surface area contributed by atoms with Crippen molar-refractivity contribution < 1.29 is 4.79 Å². The second-order valence-electron chi connectivity index (χ2n) is 4.62. The van der Waals surface area contributed by atoms with Gasteiger partial charge < -0.3 is 10.1 Å². The van der Waals surface area contributed by atoms with Gasteiger partial charge >= 0.3 is 0 Å². The first-order valence-corrected chi connectivity index (χ1v) is 5.63. The predicted molar refractivity (Wildman–Crippen MR) is 63.3 cm³/mol. The van der Waals surface area contributed by atoms with Crippen LogP contribution in [-0.4, -0.2) is 31.8 Å². The minimum atomic E-state index is -0.327. The molecule has 3 rings (SSSR count). The molecule has 1 fully saturated rings. The van der Waals surface area contributed by atoms with Crippen molar-refractivity contribution in [3.63, 3.8) is 0 Å². The fourth-order valence-corrected chi connectivity index (χ4v) is 2.78. The third kappa shape index (κ3) is 1.23. The molecule has 0 atom stereocenters. The smallest absolute Gasteiger partial charge is 0.235 e. The second-order valence-corrected chi connectivity index (χ2v) is 4.62. The lowest BCUT2D eigenvalue weighted by molar-refractivity contribution is -0.122. The molecule has 1 aromatic rings. The summed E-state index contributed by atoms with van der Waals surface area (Å²) < 4.78 is 0. The minimum Gasteiger partial charge on any atom is -0.353 e. The van der Waals surface area contributed by atoms with Crippen LogP contribution in [0.25, 0.3) is 0 Å². The highest BCUT2D eigenvalue weighted by Gasteiger charge is 2.47. The summed E-state index contributed by atoms with van der Waals surface area (Å²) >= 11 is 0. The Morgan fingerprint density at radius 2 is 1.94 bits per heavy atom. The summed E-state index contributed by atoms with van der Waals surface area (Å²) in [5.41, 5.74) is 1.79. The first-order valence-electron chi connectivity index (χ1n) is 5.63. The van der Waals surface area contributed by atoms with E-state index >= 15 is 0 Å². The Morgan fingerprint density at radius 1 is 1.25 bits per heavy atom. The number of rotatable bonds is 0. The summed E-state index contributed by atoms with van der Waals surface area (Å²) in [6.07, 6.45) is 1.62. The molecule has 16 heavy (non-hydrogen) atoms. The molecule has 3 nitrogen and oxygen atoms in total. The number of anilines is 1. The molecule has 1 saturated heterocycles. The maximum Gasteiger partial charge on any atom is 0.235 e. The van der Waals surface area contributed by atoms with Gasteiger partial charge in [0, 0.05) is 5.69 Å². The highest BCUT2D eigenvalue weighted by molar-refractivity contribution is 6.07. The summed E-state index contributed by atoms with van der Waals surface area (Å²) in [5, 5.41) is 2.97. The highest BCUT2D eigenvalue weighted by Crippen LogP contribution is 2.44. The van der Waals surface area contributed by atoms with E-state index in [0.29, 0.717) is 0 Å². The summed E-state index contributed by atoms with van der Waals surface area (Å²) in [6.45, 7) is 1.56. The molecule has 1 N–H and O–H groups in total. The Hall–Kier alpha value is -1.29. The summed E-state index contributed by atoms with van der Waals surface area (Å²) in [4.78, 5) is 13.9. The van der Waals surface area contributed by atoms with Crippen LogP contribution in [-0.2, 0) is 10.2 Å². The molecular formula is C12H13BN2O. The molecule has 4 heteroatoms. The summed E-state index contributed by atoms with van der Waals surface area (Å²) in [6, 6.07) is 7.97. The highest BCUT2D eigenvalue weighted by atomic mass is 16.2. The van der Waals surface area contributed by atoms with Crippen LogP contribution in [0.2, 0.25) is 0 Å². The third-order valence-electron chi connectivity index (χ3n) is 3.78. The quantitative estimate of drug-likeness (QED) is 0.652. The molecule has 1 spiro atoms. The Balaban J connectivity index is 2.04. The first kappa shape index (κ1) is 9.91. The molecule has 2 radical (unpaired) electrons. The molecule has 2 aliphatic rings. The first-order chi connectivity index (χ1) is 7.72. The number of nitrogens with one attached hydrogen (secondary N) is 1. The fraction of sp³-hybridized carbons (Fsp3) is 0.417. The van der Waals surface area contributed by atoms with Crippen LogP contribution in [0.15, 0.2) is 24.3 Å². The van der Waals surface area contributed by atoms with Crippen LogP contribution in [0.1, 0.15) is 18.4 Å². The molecule has 1 amide bonds. The van der Waals surface area contributed by atoms with E-state index in [1.54, 1.807) is 4.81 Å². The molecule has 1 aromatic carbocycles. The number of hydrogen-bond donors (Lipinski definition) is 1. The van der Waals surface area contributed by atoms with Crippen LogP contribution in [0.3, 0.4) is 0 Å². The Labute approximate surface area is 96.3 Å². The number of fused-ring (bicyclic) bond motifs is 2. The maximum absolute atomic E-state index is 12.1. The number of amides is 1. The van der Waals surface area contributed by atoms with Crippen LogP contribution < -0.4 is 5.32 Å². The average molecular weight is 212 g/mol. The van der Waals surface area contributed by atoms with Gasteiger partial charge in [-0.05, 0) is 37.6 Å². The van der Waals surface area contributed by atoms with Gasteiger partial charge in [-0.2, -0.15) is 0 Å². The van der Waals surface area contributed by atoms with Crippen LogP contribution in [0.5, 0.6) is 0 Å². The van der Waals surface area contributed by atoms with Crippen LogP contribution in [0, 0.1) is 0 Å². The van der Waals surface area contributed by atoms with E-state index in [2.05, 4.69) is 11.4 Å². The Bertz CT molecular complexity index is 438. The number of para-hydroxylation sites is 1. The van der Waals surface area contributed by atoms with Gasteiger partial charge in [0.25, 0.3) is 0 Å². The van der Waals surface area contributed by atoms with Gasteiger partial charge in [-0.25, -0.2) is 0 Å². The van der Waals surface area contributed by atoms with Crippen molar-refractivity contribution >= 4 is 19.6 Å². The number of carbonyl (C=O) groups is 1. The zero-order chi connectivity index (χ0) is 11.2. The summed E-state index contributed by atoms with van der Waals surface area (Å²) in [5.74, 6) is 0.141. The van der Waals surface area contributed by atoms with Crippen molar-refractivity contribution in [2.75, 3.05) is 18.4 Å². The summed E-state index contributed by atoms with van der Waals surface area (Å²) in [7, 11) is 5.75. The monoisotopic (exact) mass is 212 g/mol. The number of nitrogens with zero attached hydrogens (tertiary/aromatic N) is 1. The molecular weight excluding hydrogens is 199 g/mol. The standard InChI is InChI=1S/C12H13BN2O/c13-15-7-5-12(6-8-15)9-3-1-2-4-10(9)14-11(12)16/h1-4H,5-8H2,(H,14,16). The predicted octanol–water partition coefficient (Wildman–Crippen LogP) is 1.06. The van der Waals surface area contributed by atoms with Gasteiger partial charge in [0.1, 0.15) is 0 Å². The van der Waals surface area contributed by atoms with E-state index in [-0.39, 0.29) is 11.3 Å². The average Bonchev–Trinajstić information content (AvgIpc) is 2.57. The fourth-order valence-electron chi connectivity index (χ4n) is 2.78. The van der Waals surface area contributed by atoms with Crippen molar-refractivity contribution in [2.24, 2.45) is 0 Å². The molecule has 0 saturated carbocycles. The minimum absolute atomic E-state index is 0.141. The molecule has 0 aromatic heterocycles. The van der Waals surface area contributed by atoms with Crippen molar-refractivity contribution in [3.05, 3.63) is 29.8 Å². The zero-order valence-corrected chi connectivity index (χ0v) is 9.07. The van der Waals surface area contributed by atoms with Crippen molar-refractivity contribution in [1.29, 1.82) is 0 Å². The van der Waals surface area contributed by atoms with E-state index < -0.39 is 0 Å².